The molecule has 2 aromatic rings. The lowest BCUT2D eigenvalue weighted by Crippen LogP contribution is -2.16. The molecule has 2 heterocycles. The van der Waals surface area contributed by atoms with Crippen molar-refractivity contribution in [3.63, 3.8) is 0 Å². The van der Waals surface area contributed by atoms with Gasteiger partial charge in [0.15, 0.2) is 0 Å². The normalized spacial score (nSPS) is 13.1. The third-order valence-corrected chi connectivity index (χ3v) is 3.28. The summed E-state index contributed by atoms with van der Waals surface area (Å²) in [4.78, 5) is 7.21. The van der Waals surface area contributed by atoms with Gasteiger partial charge in [-0.15, -0.1) is 0 Å². The Morgan fingerprint density at radius 3 is 2.78 bits per heavy atom. The summed E-state index contributed by atoms with van der Waals surface area (Å²) in [6, 6.07) is 2.41. The third-order valence-electron chi connectivity index (χ3n) is 3.28. The Bertz CT molecular complexity index is 455. The van der Waals surface area contributed by atoms with Crippen molar-refractivity contribution in [1.82, 2.24) is 19.7 Å². The van der Waals surface area contributed by atoms with Crippen LogP contribution in [0.1, 0.15) is 50.3 Å². The maximum Gasteiger partial charge on any atom is 0.123 e. The molecule has 1 unspecified atom stereocenters. The third kappa shape index (κ3) is 2.79. The van der Waals surface area contributed by atoms with Crippen molar-refractivity contribution in [2.24, 2.45) is 5.73 Å². The first-order valence-electron chi connectivity index (χ1n) is 6.53. The standard InChI is InChI=1S/C13H21N5/c1-3-11(4-2)18-8-5-10(17-18)9-12(14)13-15-6-7-16-13/h5-8,11-12H,3-4,9,14H2,1-2H3,(H,15,16). The van der Waals surface area contributed by atoms with Crippen molar-refractivity contribution in [3.05, 3.63) is 36.2 Å². The largest absolute Gasteiger partial charge is 0.347 e. The molecule has 0 saturated carbocycles. The number of nitrogens with two attached hydrogens (primary N) is 1. The smallest absolute Gasteiger partial charge is 0.123 e. The van der Waals surface area contributed by atoms with E-state index < -0.39 is 0 Å². The van der Waals surface area contributed by atoms with Crippen molar-refractivity contribution in [2.75, 3.05) is 0 Å². The Morgan fingerprint density at radius 1 is 1.39 bits per heavy atom. The summed E-state index contributed by atoms with van der Waals surface area (Å²) in [5.74, 6) is 0.812. The summed E-state index contributed by atoms with van der Waals surface area (Å²) in [6.07, 6.45) is 8.46. The van der Waals surface area contributed by atoms with Crippen molar-refractivity contribution in [1.29, 1.82) is 0 Å². The summed E-state index contributed by atoms with van der Waals surface area (Å²) in [7, 11) is 0. The molecule has 0 aromatic carbocycles. The molecule has 0 bridgehead atoms. The topological polar surface area (TPSA) is 72.5 Å². The van der Waals surface area contributed by atoms with Gasteiger partial charge in [-0.3, -0.25) is 4.68 Å². The zero-order valence-corrected chi connectivity index (χ0v) is 11.0. The minimum atomic E-state index is -0.120. The lowest BCUT2D eigenvalue weighted by molar-refractivity contribution is 0.424. The van der Waals surface area contributed by atoms with Gasteiger partial charge in [0.1, 0.15) is 5.82 Å². The number of rotatable bonds is 6. The van der Waals surface area contributed by atoms with Crippen LogP contribution in [0.15, 0.2) is 24.7 Å². The number of nitrogens with one attached hydrogen (secondary N) is 1. The fourth-order valence-electron chi connectivity index (χ4n) is 2.15. The van der Waals surface area contributed by atoms with E-state index in [9.17, 15) is 0 Å². The molecule has 0 aliphatic carbocycles. The Labute approximate surface area is 107 Å². The van der Waals surface area contributed by atoms with Crippen molar-refractivity contribution >= 4 is 0 Å². The highest BCUT2D eigenvalue weighted by Crippen LogP contribution is 2.16. The maximum absolute atomic E-state index is 6.08. The maximum atomic E-state index is 6.08. The van der Waals surface area contributed by atoms with Gasteiger partial charge in [0.25, 0.3) is 0 Å². The van der Waals surface area contributed by atoms with E-state index in [1.54, 1.807) is 12.4 Å². The van der Waals surface area contributed by atoms with Gasteiger partial charge in [-0.2, -0.15) is 5.10 Å². The molecule has 5 nitrogen and oxygen atoms in total. The molecular formula is C13H21N5. The van der Waals surface area contributed by atoms with Crippen LogP contribution in [0.5, 0.6) is 0 Å². The van der Waals surface area contributed by atoms with Gasteiger partial charge < -0.3 is 10.7 Å². The van der Waals surface area contributed by atoms with Gasteiger partial charge in [-0.25, -0.2) is 4.98 Å². The van der Waals surface area contributed by atoms with E-state index in [2.05, 4.69) is 28.9 Å². The van der Waals surface area contributed by atoms with Crippen molar-refractivity contribution < 1.29 is 0 Å². The van der Waals surface area contributed by atoms with Gasteiger partial charge in [-0.05, 0) is 18.9 Å². The van der Waals surface area contributed by atoms with Crippen LogP contribution in [0.4, 0.5) is 0 Å². The zero-order valence-electron chi connectivity index (χ0n) is 11.0. The summed E-state index contributed by atoms with van der Waals surface area (Å²) >= 11 is 0. The number of aromatic amines is 1. The molecule has 0 amide bonds. The Kier molecular flexibility index (Phi) is 4.15. The lowest BCUT2D eigenvalue weighted by atomic mass is 10.1. The van der Waals surface area contributed by atoms with Crippen LogP contribution in [-0.2, 0) is 6.42 Å². The summed E-state index contributed by atoms with van der Waals surface area (Å²) in [5, 5.41) is 4.60. The number of aromatic nitrogens is 4. The fourth-order valence-corrected chi connectivity index (χ4v) is 2.15. The second kappa shape index (κ2) is 5.82. The molecule has 0 fully saturated rings. The van der Waals surface area contributed by atoms with E-state index in [0.717, 1.165) is 24.4 Å². The second-order valence-electron chi connectivity index (χ2n) is 4.54. The molecule has 0 radical (unpaired) electrons. The highest BCUT2D eigenvalue weighted by molar-refractivity contribution is 5.06. The number of imidazole rings is 1. The SMILES string of the molecule is CCC(CC)n1ccc(CC(N)c2ncc[nH]2)n1. The average Bonchev–Trinajstić information content (AvgIpc) is 3.01. The summed E-state index contributed by atoms with van der Waals surface area (Å²) in [6.45, 7) is 4.37. The van der Waals surface area contributed by atoms with Crippen LogP contribution in [0, 0.1) is 0 Å². The van der Waals surface area contributed by atoms with E-state index in [1.165, 1.54) is 0 Å². The average molecular weight is 247 g/mol. The van der Waals surface area contributed by atoms with Gasteiger partial charge in [-0.1, -0.05) is 13.8 Å². The molecule has 0 aliphatic heterocycles. The molecule has 0 saturated heterocycles. The van der Waals surface area contributed by atoms with E-state index in [-0.39, 0.29) is 6.04 Å². The number of hydrogen-bond acceptors (Lipinski definition) is 3. The summed E-state index contributed by atoms with van der Waals surface area (Å²) < 4.78 is 2.05. The number of nitrogens with zero attached hydrogens (tertiary/aromatic N) is 3. The van der Waals surface area contributed by atoms with Gasteiger partial charge in [0, 0.05) is 25.0 Å². The van der Waals surface area contributed by atoms with Gasteiger partial charge in [0.2, 0.25) is 0 Å². The number of H-pyrrole nitrogens is 1. The van der Waals surface area contributed by atoms with E-state index >= 15 is 0 Å². The molecule has 0 aliphatic rings. The number of hydrogen-bond donors (Lipinski definition) is 2. The molecule has 2 rings (SSSR count). The Morgan fingerprint density at radius 2 is 2.17 bits per heavy atom. The molecule has 3 N–H and O–H groups in total. The van der Waals surface area contributed by atoms with Crippen molar-refractivity contribution in [3.8, 4) is 0 Å². The predicted octanol–water partition coefficient (Wildman–Crippen LogP) is 2.21. The van der Waals surface area contributed by atoms with Gasteiger partial charge >= 0.3 is 0 Å². The van der Waals surface area contributed by atoms with Crippen LogP contribution in [-0.4, -0.2) is 19.7 Å². The van der Waals surface area contributed by atoms with Crippen LogP contribution in [0.2, 0.25) is 0 Å². The first-order chi connectivity index (χ1) is 8.74. The predicted molar refractivity (Wildman–Crippen MR) is 71.1 cm³/mol. The van der Waals surface area contributed by atoms with Crippen LogP contribution >= 0.6 is 0 Å². The fraction of sp³-hybridized carbons (Fsp3) is 0.538. The minimum absolute atomic E-state index is 0.120. The minimum Gasteiger partial charge on any atom is -0.347 e. The first kappa shape index (κ1) is 12.8. The van der Waals surface area contributed by atoms with Crippen LogP contribution in [0.25, 0.3) is 0 Å². The lowest BCUT2D eigenvalue weighted by Gasteiger charge is -2.12. The molecular weight excluding hydrogens is 226 g/mol. The molecule has 98 valence electrons. The zero-order chi connectivity index (χ0) is 13.0. The van der Waals surface area contributed by atoms with E-state index in [1.807, 2.05) is 16.9 Å². The quantitative estimate of drug-likeness (QED) is 0.822. The Balaban J connectivity index is 2.02. The Hall–Kier alpha value is -1.62. The second-order valence-corrected chi connectivity index (χ2v) is 4.54. The first-order valence-corrected chi connectivity index (χ1v) is 6.53. The highest BCUT2D eigenvalue weighted by atomic mass is 15.3. The van der Waals surface area contributed by atoms with Crippen LogP contribution < -0.4 is 5.73 Å². The summed E-state index contributed by atoms with van der Waals surface area (Å²) in [5.41, 5.74) is 7.10. The molecule has 5 heteroatoms. The monoisotopic (exact) mass is 247 g/mol. The molecule has 0 spiro atoms. The highest BCUT2D eigenvalue weighted by Gasteiger charge is 2.13. The molecule has 18 heavy (non-hydrogen) atoms. The van der Waals surface area contributed by atoms with Crippen LogP contribution in [0.3, 0.4) is 0 Å². The van der Waals surface area contributed by atoms with E-state index in [4.69, 9.17) is 5.73 Å². The molecule has 2 aromatic heterocycles. The van der Waals surface area contributed by atoms with E-state index in [0.29, 0.717) is 12.5 Å². The van der Waals surface area contributed by atoms with Gasteiger partial charge in [0.05, 0.1) is 17.8 Å². The molecule has 1 atom stereocenters. The van der Waals surface area contributed by atoms with Crippen molar-refractivity contribution in [2.45, 2.75) is 45.2 Å².